The van der Waals surface area contributed by atoms with Crippen LogP contribution in [0.2, 0.25) is 0 Å². The first kappa shape index (κ1) is 24.5. The molecule has 0 saturated carbocycles. The van der Waals surface area contributed by atoms with Crippen LogP contribution in [0.3, 0.4) is 0 Å². The number of aliphatic hydroxyl groups excluding tert-OH is 1. The molecule has 11 nitrogen and oxygen atoms in total. The van der Waals surface area contributed by atoms with Gasteiger partial charge in [0.25, 0.3) is 0 Å². The summed E-state index contributed by atoms with van der Waals surface area (Å²) in [5.41, 5.74) is 0.318. The first-order valence-corrected chi connectivity index (χ1v) is 10.8. The summed E-state index contributed by atoms with van der Waals surface area (Å²) in [5.74, 6) is -1.77. The van der Waals surface area contributed by atoms with Crippen LogP contribution in [0, 0.1) is 13.8 Å². The molecule has 3 heterocycles. The van der Waals surface area contributed by atoms with E-state index in [4.69, 9.17) is 23.4 Å². The number of benzene rings is 1. The summed E-state index contributed by atoms with van der Waals surface area (Å²) in [4.78, 5) is 38.9. The number of carboxylic acids is 1. The quantitative estimate of drug-likeness (QED) is 0.348. The van der Waals surface area contributed by atoms with Crippen molar-refractivity contribution in [2.45, 2.75) is 51.5 Å². The zero-order valence-electron chi connectivity index (χ0n) is 19.4. The summed E-state index contributed by atoms with van der Waals surface area (Å²) < 4.78 is 27.9. The van der Waals surface area contributed by atoms with Gasteiger partial charge in [-0.3, -0.25) is 0 Å². The number of H-pyrrole nitrogens is 1. The highest BCUT2D eigenvalue weighted by Crippen LogP contribution is 2.33. The topological polar surface area (TPSA) is 158 Å². The van der Waals surface area contributed by atoms with Crippen molar-refractivity contribution in [3.8, 4) is 5.75 Å². The van der Waals surface area contributed by atoms with Crippen LogP contribution in [-0.4, -0.2) is 65.0 Å². The molecular weight excluding hydrogens is 462 g/mol. The van der Waals surface area contributed by atoms with Crippen molar-refractivity contribution in [3.05, 3.63) is 63.3 Å². The maximum Gasteiger partial charge on any atom is 0.355 e. The van der Waals surface area contributed by atoms with Gasteiger partial charge >= 0.3 is 17.6 Å². The molecule has 186 valence electrons. The zero-order valence-corrected chi connectivity index (χ0v) is 19.4. The third-order valence-corrected chi connectivity index (χ3v) is 5.90. The number of carbonyl (C=O) groups is 2. The van der Waals surface area contributed by atoms with E-state index >= 15 is 0 Å². The predicted octanol–water partition coefficient (Wildman–Crippen LogP) is 2.16. The third-order valence-electron chi connectivity index (χ3n) is 5.90. The Morgan fingerprint density at radius 3 is 2.49 bits per heavy atom. The minimum absolute atomic E-state index is 0.0330. The molecular formula is C24H25NO10. The molecule has 1 fully saturated rings. The van der Waals surface area contributed by atoms with Gasteiger partial charge in [0.2, 0.25) is 6.29 Å². The van der Waals surface area contributed by atoms with E-state index in [1.807, 2.05) is 0 Å². The van der Waals surface area contributed by atoms with Crippen molar-refractivity contribution in [1.29, 1.82) is 0 Å². The number of rotatable bonds is 6. The van der Waals surface area contributed by atoms with Gasteiger partial charge in [-0.2, -0.15) is 0 Å². The zero-order chi connectivity index (χ0) is 25.4. The Balaban J connectivity index is 1.63. The molecule has 2 aromatic heterocycles. The fourth-order valence-corrected chi connectivity index (χ4v) is 4.13. The van der Waals surface area contributed by atoms with Crippen molar-refractivity contribution in [2.75, 3.05) is 7.11 Å². The Labute approximate surface area is 199 Å². The van der Waals surface area contributed by atoms with Crippen molar-refractivity contribution in [2.24, 2.45) is 0 Å². The SMILES string of the molecule is CO[C@@H]1[C@@H](OC(=O)c2ccc(C)[nH]2)[C@@H](O)[C@H](Oc2ccc3c(C(=O)O)cc(=O)oc3c2C)O[C@H]1C. The number of hydrogen-bond donors (Lipinski definition) is 3. The van der Waals surface area contributed by atoms with Gasteiger partial charge in [-0.15, -0.1) is 0 Å². The highest BCUT2D eigenvalue weighted by atomic mass is 16.7. The average molecular weight is 487 g/mol. The van der Waals surface area contributed by atoms with Gasteiger partial charge in [0, 0.05) is 29.8 Å². The molecule has 11 heteroatoms. The number of esters is 1. The first-order chi connectivity index (χ1) is 16.6. The van der Waals surface area contributed by atoms with E-state index in [0.717, 1.165) is 11.8 Å². The van der Waals surface area contributed by atoms with E-state index < -0.39 is 48.3 Å². The van der Waals surface area contributed by atoms with Gasteiger partial charge < -0.3 is 38.6 Å². The van der Waals surface area contributed by atoms with Gasteiger partial charge in [-0.25, -0.2) is 14.4 Å². The maximum atomic E-state index is 12.6. The molecule has 1 saturated heterocycles. The molecule has 0 unspecified atom stereocenters. The molecule has 1 aliphatic heterocycles. The van der Waals surface area contributed by atoms with E-state index in [9.17, 15) is 24.6 Å². The van der Waals surface area contributed by atoms with Gasteiger partial charge in [-0.1, -0.05) is 0 Å². The number of aliphatic hydroxyl groups is 1. The lowest BCUT2D eigenvalue weighted by atomic mass is 9.99. The van der Waals surface area contributed by atoms with Crippen LogP contribution in [0.4, 0.5) is 0 Å². The van der Waals surface area contributed by atoms with Gasteiger partial charge in [0.15, 0.2) is 12.2 Å². The predicted molar refractivity (Wildman–Crippen MR) is 121 cm³/mol. The van der Waals surface area contributed by atoms with E-state index in [1.165, 1.54) is 19.2 Å². The second-order valence-corrected chi connectivity index (χ2v) is 8.29. The molecule has 1 aliphatic rings. The first-order valence-electron chi connectivity index (χ1n) is 10.8. The average Bonchev–Trinajstić information content (AvgIpc) is 3.25. The second kappa shape index (κ2) is 9.53. The van der Waals surface area contributed by atoms with Crippen LogP contribution in [0.1, 0.15) is 39.0 Å². The van der Waals surface area contributed by atoms with Gasteiger partial charge in [0.05, 0.1) is 11.7 Å². The Bertz CT molecular complexity index is 1330. The minimum Gasteiger partial charge on any atom is -0.478 e. The molecule has 3 N–H and O–H groups in total. The molecule has 0 amide bonds. The Morgan fingerprint density at radius 2 is 1.86 bits per heavy atom. The fourth-order valence-electron chi connectivity index (χ4n) is 4.13. The number of fused-ring (bicyclic) bond motifs is 1. The number of nitrogens with one attached hydrogen (secondary N) is 1. The van der Waals surface area contributed by atoms with Crippen LogP contribution in [0.15, 0.2) is 39.5 Å². The van der Waals surface area contributed by atoms with E-state index in [-0.39, 0.29) is 28.0 Å². The van der Waals surface area contributed by atoms with Crippen LogP contribution in [0.25, 0.3) is 11.0 Å². The summed E-state index contributed by atoms with van der Waals surface area (Å²) in [7, 11) is 1.41. The van der Waals surface area contributed by atoms with E-state index in [0.29, 0.717) is 5.56 Å². The molecule has 0 radical (unpaired) electrons. The Hall–Kier alpha value is -3.67. The summed E-state index contributed by atoms with van der Waals surface area (Å²) in [5, 5.41) is 20.6. The van der Waals surface area contributed by atoms with Crippen molar-refractivity contribution in [3.63, 3.8) is 0 Å². The smallest absolute Gasteiger partial charge is 0.355 e. The number of aromatic nitrogens is 1. The van der Waals surface area contributed by atoms with E-state index in [1.54, 1.807) is 32.9 Å². The number of carbonyl (C=O) groups excluding carboxylic acids is 1. The normalized spacial score (nSPS) is 24.3. The summed E-state index contributed by atoms with van der Waals surface area (Å²) >= 11 is 0. The Morgan fingerprint density at radius 1 is 1.11 bits per heavy atom. The van der Waals surface area contributed by atoms with Gasteiger partial charge in [0.1, 0.15) is 23.1 Å². The number of hydrogen-bond acceptors (Lipinski definition) is 9. The molecule has 1 aromatic carbocycles. The van der Waals surface area contributed by atoms with Crippen LogP contribution in [0.5, 0.6) is 5.75 Å². The molecule has 0 bridgehead atoms. The third kappa shape index (κ3) is 4.65. The summed E-state index contributed by atoms with van der Waals surface area (Å²) in [6.07, 6.45) is -5.25. The molecule has 4 rings (SSSR count). The lowest BCUT2D eigenvalue weighted by molar-refractivity contribution is -0.272. The lowest BCUT2D eigenvalue weighted by Gasteiger charge is -2.42. The standard InChI is InChI=1S/C24H25NO10/c1-10-5-7-15(25-10)23(30)35-21-18(27)24(32-12(3)20(21)31-4)33-16-8-6-13-14(22(28)29)9-17(26)34-19(13)11(16)2/h5-9,12,18,20-21,24-25,27H,1-4H3,(H,28,29)/t12-,18+,20-,21-,24-/m0/s1. The van der Waals surface area contributed by atoms with Crippen LogP contribution in [-0.2, 0) is 14.2 Å². The molecule has 3 aromatic rings. The highest BCUT2D eigenvalue weighted by molar-refractivity contribution is 6.02. The van der Waals surface area contributed by atoms with Crippen molar-refractivity contribution < 1.29 is 43.2 Å². The number of carboxylic acid groups (broad SMARTS) is 1. The molecule has 5 atom stereocenters. The second-order valence-electron chi connectivity index (χ2n) is 8.29. The Kier molecular flexibility index (Phi) is 6.66. The monoisotopic (exact) mass is 487 g/mol. The molecule has 35 heavy (non-hydrogen) atoms. The molecule has 0 aliphatic carbocycles. The van der Waals surface area contributed by atoms with Crippen molar-refractivity contribution in [1.82, 2.24) is 4.98 Å². The largest absolute Gasteiger partial charge is 0.478 e. The number of methoxy groups -OCH3 is 1. The highest BCUT2D eigenvalue weighted by Gasteiger charge is 2.48. The number of aromatic carboxylic acids is 1. The minimum atomic E-state index is -1.44. The fraction of sp³-hybridized carbons (Fsp3) is 0.375. The van der Waals surface area contributed by atoms with E-state index in [2.05, 4.69) is 4.98 Å². The lowest BCUT2D eigenvalue weighted by Crippen LogP contribution is -2.60. The maximum absolute atomic E-state index is 12.6. The van der Waals surface area contributed by atoms with Crippen LogP contribution >= 0.6 is 0 Å². The summed E-state index contributed by atoms with van der Waals surface area (Å²) in [6, 6.07) is 7.10. The van der Waals surface area contributed by atoms with Gasteiger partial charge in [-0.05, 0) is 45.0 Å². The number of ether oxygens (including phenoxy) is 4. The summed E-state index contributed by atoms with van der Waals surface area (Å²) in [6.45, 7) is 5.05. The van der Waals surface area contributed by atoms with Crippen molar-refractivity contribution >= 4 is 22.9 Å². The number of aryl methyl sites for hydroxylation is 2. The number of aromatic amines is 1. The van der Waals surface area contributed by atoms with Crippen LogP contribution < -0.4 is 10.4 Å². The molecule has 0 spiro atoms.